The van der Waals surface area contributed by atoms with E-state index in [1.165, 1.54) is 0 Å². The molecule has 0 radical (unpaired) electrons. The lowest BCUT2D eigenvalue weighted by molar-refractivity contribution is -0.157. The smallest absolute Gasteiger partial charge is 0.370 e. The molecule has 0 bridgehead atoms. The van der Waals surface area contributed by atoms with Crippen LogP contribution in [0.25, 0.3) is 0 Å². The van der Waals surface area contributed by atoms with Crippen molar-refractivity contribution in [3.63, 3.8) is 0 Å². The molecule has 9 heteroatoms. The number of amides is 1. The van der Waals surface area contributed by atoms with E-state index >= 15 is 0 Å². The zero-order valence-corrected chi connectivity index (χ0v) is 15.0. The Morgan fingerprint density at radius 3 is 2.48 bits per heavy atom. The molecular formula is C14H20F3IN4O. The summed E-state index contributed by atoms with van der Waals surface area (Å²) in [4.78, 5) is 15.8. The van der Waals surface area contributed by atoms with Gasteiger partial charge in [-0.3, -0.25) is 4.79 Å². The van der Waals surface area contributed by atoms with Crippen molar-refractivity contribution < 1.29 is 18.0 Å². The molecule has 0 heterocycles. The summed E-state index contributed by atoms with van der Waals surface area (Å²) in [5.74, 6) is -0.713. The summed E-state index contributed by atoms with van der Waals surface area (Å²) in [5.41, 5.74) is 6.67. The molecule has 0 saturated carbocycles. The highest BCUT2D eigenvalue weighted by molar-refractivity contribution is 14.0. The van der Waals surface area contributed by atoms with Crippen molar-refractivity contribution in [2.24, 2.45) is 10.7 Å². The fraction of sp³-hybridized carbons (Fsp3) is 0.429. The molecule has 0 aliphatic rings. The van der Waals surface area contributed by atoms with E-state index in [1.807, 2.05) is 30.3 Å². The summed E-state index contributed by atoms with van der Waals surface area (Å²) < 4.78 is 36.4. The summed E-state index contributed by atoms with van der Waals surface area (Å²) in [6.07, 6.45) is -3.70. The molecule has 0 fully saturated rings. The number of rotatable bonds is 6. The van der Waals surface area contributed by atoms with E-state index in [-0.39, 0.29) is 29.9 Å². The summed E-state index contributed by atoms with van der Waals surface area (Å²) in [6.45, 7) is -1.20. The number of carbonyl (C=O) groups is 1. The number of likely N-dealkylation sites (N-methyl/N-ethyl adjacent to an activating group) is 1. The first-order valence-electron chi connectivity index (χ1n) is 6.66. The Kier molecular flexibility index (Phi) is 9.61. The molecule has 0 aromatic heterocycles. The van der Waals surface area contributed by atoms with E-state index in [1.54, 1.807) is 0 Å². The molecule has 1 amide bonds. The van der Waals surface area contributed by atoms with Crippen molar-refractivity contribution in [2.45, 2.75) is 12.6 Å². The lowest BCUT2D eigenvalue weighted by Crippen LogP contribution is -2.38. The highest BCUT2D eigenvalue weighted by atomic mass is 127. The molecule has 130 valence electrons. The summed E-state index contributed by atoms with van der Waals surface area (Å²) in [7, 11) is 1.07. The minimum atomic E-state index is -4.42. The maximum Gasteiger partial charge on any atom is 0.406 e. The highest BCUT2D eigenvalue weighted by Gasteiger charge is 2.30. The minimum Gasteiger partial charge on any atom is -0.370 e. The number of hydrogen-bond donors (Lipinski definition) is 2. The molecule has 1 aromatic carbocycles. The quantitative estimate of drug-likeness (QED) is 0.399. The number of nitrogens with one attached hydrogen (secondary N) is 1. The van der Waals surface area contributed by atoms with Crippen LogP contribution in [-0.4, -0.2) is 49.6 Å². The predicted octanol–water partition coefficient (Wildman–Crippen LogP) is 1.77. The van der Waals surface area contributed by atoms with Gasteiger partial charge in [-0.1, -0.05) is 30.3 Å². The van der Waals surface area contributed by atoms with Crippen LogP contribution in [0.1, 0.15) is 5.56 Å². The Balaban J connectivity index is 0.00000484. The number of guanidine groups is 1. The first-order valence-corrected chi connectivity index (χ1v) is 6.66. The lowest BCUT2D eigenvalue weighted by atomic mass is 10.1. The van der Waals surface area contributed by atoms with Gasteiger partial charge in [-0.2, -0.15) is 13.2 Å². The van der Waals surface area contributed by atoms with Crippen LogP contribution in [-0.2, 0) is 11.2 Å². The predicted molar refractivity (Wildman–Crippen MR) is 93.7 cm³/mol. The summed E-state index contributed by atoms with van der Waals surface area (Å²) in [5, 5.41) is 2.81. The van der Waals surface area contributed by atoms with Gasteiger partial charge in [-0.05, 0) is 12.0 Å². The summed E-state index contributed by atoms with van der Waals surface area (Å²) in [6, 6.07) is 9.68. The van der Waals surface area contributed by atoms with Gasteiger partial charge in [0.2, 0.25) is 5.91 Å². The Labute approximate surface area is 150 Å². The van der Waals surface area contributed by atoms with E-state index < -0.39 is 25.2 Å². The van der Waals surface area contributed by atoms with Crippen molar-refractivity contribution in [3.05, 3.63) is 35.9 Å². The largest absolute Gasteiger partial charge is 0.406 e. The average Bonchev–Trinajstić information content (AvgIpc) is 2.44. The molecule has 23 heavy (non-hydrogen) atoms. The molecule has 5 nitrogen and oxygen atoms in total. The van der Waals surface area contributed by atoms with Gasteiger partial charge in [-0.15, -0.1) is 24.0 Å². The molecule has 1 rings (SSSR count). The molecular weight excluding hydrogens is 424 g/mol. The minimum absolute atomic E-state index is 0. The number of benzene rings is 1. The molecule has 3 N–H and O–H groups in total. The van der Waals surface area contributed by atoms with Gasteiger partial charge in [0.15, 0.2) is 5.96 Å². The average molecular weight is 444 g/mol. The van der Waals surface area contributed by atoms with Crippen LogP contribution in [0.5, 0.6) is 0 Å². The van der Waals surface area contributed by atoms with Crippen molar-refractivity contribution in [1.82, 2.24) is 10.2 Å². The van der Waals surface area contributed by atoms with Gasteiger partial charge in [0.05, 0.1) is 0 Å². The zero-order chi connectivity index (χ0) is 16.6. The SMILES string of the molecule is CN(CC(F)(F)F)C(=O)CN=C(N)NCCc1ccccc1.I. The molecule has 0 atom stereocenters. The molecule has 0 aliphatic carbocycles. The van der Waals surface area contributed by atoms with Crippen LogP contribution < -0.4 is 11.1 Å². The van der Waals surface area contributed by atoms with E-state index in [2.05, 4.69) is 10.3 Å². The van der Waals surface area contributed by atoms with E-state index in [9.17, 15) is 18.0 Å². The van der Waals surface area contributed by atoms with Gasteiger partial charge < -0.3 is 16.0 Å². The number of hydrogen-bond acceptors (Lipinski definition) is 2. The van der Waals surface area contributed by atoms with Crippen LogP contribution in [0.2, 0.25) is 0 Å². The van der Waals surface area contributed by atoms with Crippen LogP contribution >= 0.6 is 24.0 Å². The molecule has 1 aromatic rings. The van der Waals surface area contributed by atoms with Crippen molar-refractivity contribution in [1.29, 1.82) is 0 Å². The van der Waals surface area contributed by atoms with Crippen molar-refractivity contribution in [2.75, 3.05) is 26.7 Å². The second kappa shape index (κ2) is 10.3. The summed E-state index contributed by atoms with van der Waals surface area (Å²) >= 11 is 0. The lowest BCUT2D eigenvalue weighted by Gasteiger charge is -2.17. The monoisotopic (exact) mass is 444 g/mol. The third kappa shape index (κ3) is 9.97. The van der Waals surface area contributed by atoms with E-state index in [0.717, 1.165) is 19.0 Å². The Bertz CT molecular complexity index is 508. The topological polar surface area (TPSA) is 70.7 Å². The number of halogens is 4. The first kappa shape index (κ1) is 21.5. The maximum atomic E-state index is 12.1. The maximum absolute atomic E-state index is 12.1. The second-order valence-electron chi connectivity index (χ2n) is 4.73. The third-order valence-corrected chi connectivity index (χ3v) is 2.79. The molecule has 0 unspecified atom stereocenters. The van der Waals surface area contributed by atoms with Crippen LogP contribution in [0.4, 0.5) is 13.2 Å². The zero-order valence-electron chi connectivity index (χ0n) is 12.6. The van der Waals surface area contributed by atoms with Crippen LogP contribution in [0.15, 0.2) is 35.3 Å². The van der Waals surface area contributed by atoms with Crippen LogP contribution in [0.3, 0.4) is 0 Å². The standard InChI is InChI=1S/C14H19F3N4O.HI/c1-21(10-14(15,16)17)12(22)9-20-13(18)19-8-7-11-5-3-2-4-6-11;/h2-6H,7-10H2,1H3,(H3,18,19,20);1H. The molecule has 0 spiro atoms. The van der Waals surface area contributed by atoms with Crippen molar-refractivity contribution >= 4 is 35.8 Å². The third-order valence-electron chi connectivity index (χ3n) is 2.79. The van der Waals surface area contributed by atoms with Gasteiger partial charge in [0.1, 0.15) is 13.1 Å². The number of nitrogens with zero attached hydrogens (tertiary/aromatic N) is 2. The highest BCUT2D eigenvalue weighted by Crippen LogP contribution is 2.15. The fourth-order valence-electron chi connectivity index (χ4n) is 1.67. The van der Waals surface area contributed by atoms with E-state index in [4.69, 9.17) is 5.73 Å². The molecule has 0 aliphatic heterocycles. The second-order valence-corrected chi connectivity index (χ2v) is 4.73. The van der Waals surface area contributed by atoms with Crippen LogP contribution in [0, 0.1) is 0 Å². The van der Waals surface area contributed by atoms with Gasteiger partial charge in [0, 0.05) is 13.6 Å². The number of nitrogens with two attached hydrogens (primary N) is 1. The molecule has 0 saturated heterocycles. The Morgan fingerprint density at radius 1 is 1.30 bits per heavy atom. The van der Waals surface area contributed by atoms with Gasteiger partial charge in [0.25, 0.3) is 0 Å². The first-order chi connectivity index (χ1) is 10.3. The number of aliphatic imine (C=N–C) groups is 1. The number of carbonyl (C=O) groups excluding carboxylic acids is 1. The number of alkyl halides is 3. The fourth-order valence-corrected chi connectivity index (χ4v) is 1.67. The van der Waals surface area contributed by atoms with Gasteiger partial charge in [-0.25, -0.2) is 4.99 Å². The van der Waals surface area contributed by atoms with E-state index in [0.29, 0.717) is 11.4 Å². The Hall–Kier alpha value is -1.52. The Morgan fingerprint density at radius 2 is 1.91 bits per heavy atom. The normalized spacial score (nSPS) is 11.6. The van der Waals surface area contributed by atoms with Gasteiger partial charge >= 0.3 is 6.18 Å². The van der Waals surface area contributed by atoms with Crippen molar-refractivity contribution in [3.8, 4) is 0 Å².